The average molecular weight is 342 g/mol. The van der Waals surface area contributed by atoms with Gasteiger partial charge in [-0.1, -0.05) is 34.7 Å². The topological polar surface area (TPSA) is 88.2 Å². The SMILES string of the molecule is O=C(C[C@@H]1SC(=O)NC1=O)Nc1nc2ccc(Cl)cc2s1. The molecule has 0 spiro atoms. The summed E-state index contributed by atoms with van der Waals surface area (Å²) in [6.07, 6.45) is -0.0705. The highest BCUT2D eigenvalue weighted by molar-refractivity contribution is 8.15. The molecule has 6 nitrogen and oxygen atoms in total. The lowest BCUT2D eigenvalue weighted by Crippen LogP contribution is -2.27. The fraction of sp³-hybridized carbons (Fsp3) is 0.167. The third-order valence-corrected chi connectivity index (χ3v) is 4.88. The first-order chi connectivity index (χ1) is 10.0. The summed E-state index contributed by atoms with van der Waals surface area (Å²) < 4.78 is 0.862. The van der Waals surface area contributed by atoms with Gasteiger partial charge in [-0.2, -0.15) is 0 Å². The van der Waals surface area contributed by atoms with Crippen molar-refractivity contribution < 1.29 is 14.4 Å². The Hall–Kier alpha value is -1.64. The van der Waals surface area contributed by atoms with Gasteiger partial charge >= 0.3 is 0 Å². The van der Waals surface area contributed by atoms with Crippen LogP contribution >= 0.6 is 34.7 Å². The van der Waals surface area contributed by atoms with E-state index in [1.54, 1.807) is 18.2 Å². The molecule has 1 aliphatic rings. The number of rotatable bonds is 3. The molecule has 1 saturated heterocycles. The molecular formula is C12H8ClN3O3S2. The van der Waals surface area contributed by atoms with Gasteiger partial charge in [-0.3, -0.25) is 19.7 Å². The van der Waals surface area contributed by atoms with Crippen molar-refractivity contribution in [1.29, 1.82) is 0 Å². The second kappa shape index (κ2) is 5.63. The monoisotopic (exact) mass is 341 g/mol. The Balaban J connectivity index is 1.68. The number of nitrogens with zero attached hydrogens (tertiary/aromatic N) is 1. The van der Waals surface area contributed by atoms with Gasteiger partial charge in [0.1, 0.15) is 5.25 Å². The minimum Gasteiger partial charge on any atom is -0.302 e. The predicted molar refractivity (Wildman–Crippen MR) is 82.8 cm³/mol. The lowest BCUT2D eigenvalue weighted by Gasteiger charge is -2.04. The summed E-state index contributed by atoms with van der Waals surface area (Å²) in [4.78, 5) is 38.6. The molecule has 0 radical (unpaired) electrons. The van der Waals surface area contributed by atoms with Crippen LogP contribution in [0.4, 0.5) is 9.93 Å². The molecule has 0 saturated carbocycles. The van der Waals surface area contributed by atoms with E-state index in [1.165, 1.54) is 11.3 Å². The van der Waals surface area contributed by atoms with Crippen LogP contribution in [0.2, 0.25) is 5.02 Å². The fourth-order valence-corrected chi connectivity index (χ4v) is 3.79. The number of thiazole rings is 1. The van der Waals surface area contributed by atoms with Crippen molar-refractivity contribution in [1.82, 2.24) is 10.3 Å². The molecule has 2 N–H and O–H groups in total. The lowest BCUT2D eigenvalue weighted by molar-refractivity contribution is -0.122. The zero-order valence-electron chi connectivity index (χ0n) is 10.4. The Kier molecular flexibility index (Phi) is 3.83. The van der Waals surface area contributed by atoms with Gasteiger partial charge in [0.25, 0.3) is 5.24 Å². The Morgan fingerprint density at radius 3 is 2.95 bits per heavy atom. The third-order valence-electron chi connectivity index (χ3n) is 2.73. The number of fused-ring (bicyclic) bond motifs is 1. The summed E-state index contributed by atoms with van der Waals surface area (Å²) >= 11 is 8.01. The molecule has 1 aromatic carbocycles. The van der Waals surface area contributed by atoms with Crippen LogP contribution in [0.5, 0.6) is 0 Å². The van der Waals surface area contributed by atoms with Crippen molar-refractivity contribution >= 4 is 67.1 Å². The van der Waals surface area contributed by atoms with Gasteiger partial charge in [0.05, 0.1) is 10.2 Å². The molecule has 2 heterocycles. The maximum Gasteiger partial charge on any atom is 0.286 e. The van der Waals surface area contributed by atoms with Gasteiger partial charge in [-0.15, -0.1) is 0 Å². The van der Waals surface area contributed by atoms with E-state index in [-0.39, 0.29) is 12.3 Å². The average Bonchev–Trinajstić information content (AvgIpc) is 2.91. The van der Waals surface area contributed by atoms with E-state index in [4.69, 9.17) is 11.6 Å². The predicted octanol–water partition coefficient (Wildman–Crippen LogP) is 2.63. The van der Waals surface area contributed by atoms with Gasteiger partial charge < -0.3 is 5.32 Å². The molecule has 9 heteroatoms. The van der Waals surface area contributed by atoms with Crippen LogP contribution in [0, 0.1) is 0 Å². The van der Waals surface area contributed by atoms with Gasteiger partial charge in [0.2, 0.25) is 11.8 Å². The van der Waals surface area contributed by atoms with E-state index >= 15 is 0 Å². The smallest absolute Gasteiger partial charge is 0.286 e. The fourth-order valence-electron chi connectivity index (χ4n) is 1.82. The number of hydrogen-bond acceptors (Lipinski definition) is 6. The van der Waals surface area contributed by atoms with Crippen LogP contribution in [0.25, 0.3) is 10.2 Å². The molecule has 3 rings (SSSR count). The number of nitrogens with one attached hydrogen (secondary N) is 2. The summed E-state index contributed by atoms with van der Waals surface area (Å²) in [5, 5.41) is 4.71. The summed E-state index contributed by atoms with van der Waals surface area (Å²) in [5.74, 6) is -0.793. The molecule has 0 aliphatic carbocycles. The number of aromatic nitrogens is 1. The summed E-state index contributed by atoms with van der Waals surface area (Å²) in [6, 6.07) is 5.26. The first-order valence-corrected chi connectivity index (χ1v) is 7.96. The molecule has 1 aliphatic heterocycles. The van der Waals surface area contributed by atoms with Crippen LogP contribution in [-0.2, 0) is 9.59 Å². The number of carbonyl (C=O) groups is 3. The van der Waals surface area contributed by atoms with Crippen LogP contribution in [0.15, 0.2) is 18.2 Å². The Morgan fingerprint density at radius 2 is 2.24 bits per heavy atom. The molecular weight excluding hydrogens is 334 g/mol. The normalized spacial score (nSPS) is 18.0. The highest BCUT2D eigenvalue weighted by Crippen LogP contribution is 2.29. The quantitative estimate of drug-likeness (QED) is 0.896. The minimum atomic E-state index is -0.679. The van der Waals surface area contributed by atoms with E-state index in [0.29, 0.717) is 10.2 Å². The second-order valence-electron chi connectivity index (χ2n) is 4.27. The van der Waals surface area contributed by atoms with Crippen LogP contribution in [0.3, 0.4) is 0 Å². The van der Waals surface area contributed by atoms with Crippen molar-refractivity contribution in [3.63, 3.8) is 0 Å². The number of imide groups is 1. The Bertz CT molecular complexity index is 761. The molecule has 0 unspecified atom stereocenters. The maximum absolute atomic E-state index is 11.9. The summed E-state index contributed by atoms with van der Waals surface area (Å²) in [5.41, 5.74) is 0.739. The lowest BCUT2D eigenvalue weighted by atomic mass is 10.3. The molecule has 1 aromatic heterocycles. The third kappa shape index (κ3) is 3.17. The molecule has 2 aromatic rings. The van der Waals surface area contributed by atoms with Gasteiger partial charge in [0, 0.05) is 11.4 Å². The molecule has 0 bridgehead atoms. The number of amides is 3. The highest BCUT2D eigenvalue weighted by Gasteiger charge is 2.33. The number of anilines is 1. The van der Waals surface area contributed by atoms with E-state index in [9.17, 15) is 14.4 Å². The van der Waals surface area contributed by atoms with Crippen LogP contribution in [0.1, 0.15) is 6.42 Å². The standard InChI is InChI=1S/C12H8ClN3O3S2/c13-5-1-2-6-7(3-5)20-11(14-6)15-9(17)4-8-10(18)16-12(19)21-8/h1-3,8H,4H2,(H,14,15,17)(H,16,18,19)/t8-/m0/s1. The molecule has 3 amide bonds. The number of thioether (sulfide) groups is 1. The van der Waals surface area contributed by atoms with Gasteiger partial charge in [-0.25, -0.2) is 4.98 Å². The van der Waals surface area contributed by atoms with Gasteiger partial charge in [0.15, 0.2) is 5.13 Å². The maximum atomic E-state index is 11.9. The van der Waals surface area contributed by atoms with E-state index in [0.717, 1.165) is 22.0 Å². The minimum absolute atomic E-state index is 0.0705. The summed E-state index contributed by atoms with van der Waals surface area (Å²) in [7, 11) is 0. The van der Waals surface area contributed by atoms with Crippen molar-refractivity contribution in [3.8, 4) is 0 Å². The Labute approximate surface area is 132 Å². The van der Waals surface area contributed by atoms with Crippen LogP contribution < -0.4 is 10.6 Å². The molecule has 21 heavy (non-hydrogen) atoms. The Morgan fingerprint density at radius 1 is 1.43 bits per heavy atom. The number of hydrogen-bond donors (Lipinski definition) is 2. The number of carbonyl (C=O) groups excluding carboxylic acids is 3. The highest BCUT2D eigenvalue weighted by atomic mass is 35.5. The summed E-state index contributed by atoms with van der Waals surface area (Å²) in [6.45, 7) is 0. The number of halogens is 1. The molecule has 108 valence electrons. The van der Waals surface area contributed by atoms with E-state index in [2.05, 4.69) is 15.6 Å². The largest absolute Gasteiger partial charge is 0.302 e. The van der Waals surface area contributed by atoms with Crippen molar-refractivity contribution in [3.05, 3.63) is 23.2 Å². The van der Waals surface area contributed by atoms with E-state index in [1.807, 2.05) is 0 Å². The zero-order chi connectivity index (χ0) is 15.0. The molecule has 1 fully saturated rings. The number of benzene rings is 1. The second-order valence-corrected chi connectivity index (χ2v) is 6.91. The van der Waals surface area contributed by atoms with Crippen molar-refractivity contribution in [2.24, 2.45) is 0 Å². The zero-order valence-corrected chi connectivity index (χ0v) is 12.8. The van der Waals surface area contributed by atoms with Crippen molar-refractivity contribution in [2.45, 2.75) is 11.7 Å². The van der Waals surface area contributed by atoms with Crippen LogP contribution in [-0.4, -0.2) is 27.3 Å². The van der Waals surface area contributed by atoms with Crippen molar-refractivity contribution in [2.75, 3.05) is 5.32 Å². The first-order valence-electron chi connectivity index (χ1n) is 5.89. The van der Waals surface area contributed by atoms with Gasteiger partial charge in [-0.05, 0) is 18.2 Å². The molecule has 1 atom stereocenters. The van der Waals surface area contributed by atoms with E-state index < -0.39 is 16.4 Å². The first kappa shape index (κ1) is 14.3.